The van der Waals surface area contributed by atoms with Crippen molar-refractivity contribution in [2.24, 2.45) is 0 Å². The van der Waals surface area contributed by atoms with Gasteiger partial charge in [-0.15, -0.1) is 0 Å². The van der Waals surface area contributed by atoms with Crippen molar-refractivity contribution < 1.29 is 14.9 Å². The Morgan fingerprint density at radius 2 is 2.00 bits per heavy atom. The molecule has 0 spiro atoms. The third kappa shape index (κ3) is 3.97. The van der Waals surface area contributed by atoms with E-state index in [2.05, 4.69) is 10.3 Å². The Labute approximate surface area is 113 Å². The molecule has 19 heavy (non-hydrogen) atoms. The molecule has 1 aromatic heterocycles. The van der Waals surface area contributed by atoms with E-state index in [0.29, 0.717) is 23.8 Å². The van der Waals surface area contributed by atoms with E-state index in [4.69, 9.17) is 10.5 Å². The zero-order valence-electron chi connectivity index (χ0n) is 11.7. The van der Waals surface area contributed by atoms with E-state index in [1.54, 1.807) is 12.1 Å². The third-order valence-corrected chi connectivity index (χ3v) is 2.91. The van der Waals surface area contributed by atoms with Gasteiger partial charge in [0, 0.05) is 0 Å². The molecule has 0 amide bonds. The molecule has 0 aromatic carbocycles. The van der Waals surface area contributed by atoms with Crippen molar-refractivity contribution in [2.45, 2.75) is 38.8 Å². The lowest BCUT2D eigenvalue weighted by molar-refractivity contribution is 0.132. The molecule has 1 rings (SSSR count). The van der Waals surface area contributed by atoms with Gasteiger partial charge >= 0.3 is 0 Å². The molecule has 0 unspecified atom stereocenters. The van der Waals surface area contributed by atoms with Crippen molar-refractivity contribution in [1.82, 2.24) is 4.98 Å². The number of hydrogen-bond acceptors (Lipinski definition) is 6. The predicted molar refractivity (Wildman–Crippen MR) is 75.2 cm³/mol. The molecule has 0 aliphatic carbocycles. The first kappa shape index (κ1) is 15.5. The van der Waals surface area contributed by atoms with E-state index >= 15 is 0 Å². The lowest BCUT2D eigenvalue weighted by Gasteiger charge is -2.30. The van der Waals surface area contributed by atoms with Crippen LogP contribution in [0.3, 0.4) is 0 Å². The molecule has 0 saturated heterocycles. The molecule has 0 bridgehead atoms. The van der Waals surface area contributed by atoms with Gasteiger partial charge in [-0.3, -0.25) is 0 Å². The number of aromatic nitrogens is 1. The van der Waals surface area contributed by atoms with Gasteiger partial charge in [-0.2, -0.15) is 4.98 Å². The SMILES string of the molecule is CCC(CO)(CO)Nc1ccc(N)c(OC(C)C)n1. The highest BCUT2D eigenvalue weighted by Gasteiger charge is 2.27. The summed E-state index contributed by atoms with van der Waals surface area (Å²) in [5, 5.41) is 21.8. The fraction of sp³-hybridized carbons (Fsp3) is 0.615. The summed E-state index contributed by atoms with van der Waals surface area (Å²) >= 11 is 0. The maximum atomic E-state index is 9.40. The molecule has 0 saturated carbocycles. The summed E-state index contributed by atoms with van der Waals surface area (Å²) < 4.78 is 5.50. The highest BCUT2D eigenvalue weighted by molar-refractivity contribution is 5.54. The Morgan fingerprint density at radius 1 is 1.37 bits per heavy atom. The molecule has 6 heteroatoms. The molecule has 1 heterocycles. The molecule has 0 fully saturated rings. The topological polar surface area (TPSA) is 101 Å². The van der Waals surface area contributed by atoms with Crippen LogP contribution >= 0.6 is 0 Å². The Kier molecular flexibility index (Phi) is 5.38. The monoisotopic (exact) mass is 269 g/mol. The van der Waals surface area contributed by atoms with Crippen molar-refractivity contribution >= 4 is 11.5 Å². The zero-order valence-corrected chi connectivity index (χ0v) is 11.7. The van der Waals surface area contributed by atoms with Crippen LogP contribution in [0.5, 0.6) is 5.88 Å². The second kappa shape index (κ2) is 6.58. The molecular formula is C13H23N3O3. The highest BCUT2D eigenvalue weighted by atomic mass is 16.5. The van der Waals surface area contributed by atoms with Gasteiger partial charge in [0.1, 0.15) is 5.82 Å². The van der Waals surface area contributed by atoms with Gasteiger partial charge in [-0.05, 0) is 32.4 Å². The molecule has 5 N–H and O–H groups in total. The van der Waals surface area contributed by atoms with E-state index in [0.717, 1.165) is 0 Å². The number of nitrogen functional groups attached to an aromatic ring is 1. The minimum absolute atomic E-state index is 0.0309. The van der Waals surface area contributed by atoms with Crippen LogP contribution in [0.25, 0.3) is 0 Å². The van der Waals surface area contributed by atoms with Gasteiger partial charge in [0.15, 0.2) is 0 Å². The minimum atomic E-state index is -0.793. The minimum Gasteiger partial charge on any atom is -0.473 e. The van der Waals surface area contributed by atoms with E-state index in [-0.39, 0.29) is 19.3 Å². The summed E-state index contributed by atoms with van der Waals surface area (Å²) in [7, 11) is 0. The van der Waals surface area contributed by atoms with Gasteiger partial charge in [0.05, 0.1) is 30.5 Å². The Bertz CT molecular complexity index is 398. The second-order valence-electron chi connectivity index (χ2n) is 4.83. The fourth-order valence-electron chi connectivity index (χ4n) is 1.55. The zero-order chi connectivity index (χ0) is 14.5. The molecule has 0 atom stereocenters. The van der Waals surface area contributed by atoms with E-state index in [1.807, 2.05) is 20.8 Å². The number of nitrogens with zero attached hydrogens (tertiary/aromatic N) is 1. The largest absolute Gasteiger partial charge is 0.473 e. The lowest BCUT2D eigenvalue weighted by Crippen LogP contribution is -2.45. The van der Waals surface area contributed by atoms with Gasteiger partial charge in [0.25, 0.3) is 0 Å². The molecule has 0 aliphatic heterocycles. The number of aliphatic hydroxyl groups is 2. The number of nitrogens with one attached hydrogen (secondary N) is 1. The molecular weight excluding hydrogens is 246 g/mol. The first-order valence-corrected chi connectivity index (χ1v) is 6.39. The molecule has 0 aliphatic rings. The third-order valence-electron chi connectivity index (χ3n) is 2.91. The Hall–Kier alpha value is -1.53. The first-order valence-electron chi connectivity index (χ1n) is 6.39. The lowest BCUT2D eigenvalue weighted by atomic mass is 9.98. The summed E-state index contributed by atoms with van der Waals surface area (Å²) in [6.07, 6.45) is 0.531. The summed E-state index contributed by atoms with van der Waals surface area (Å²) in [6, 6.07) is 3.38. The van der Waals surface area contributed by atoms with Crippen molar-refractivity contribution in [1.29, 1.82) is 0 Å². The van der Waals surface area contributed by atoms with Crippen molar-refractivity contribution in [3.8, 4) is 5.88 Å². The quantitative estimate of drug-likeness (QED) is 0.589. The maximum Gasteiger partial charge on any atom is 0.239 e. The van der Waals surface area contributed by atoms with Crippen LogP contribution < -0.4 is 15.8 Å². The average molecular weight is 269 g/mol. The number of anilines is 2. The normalized spacial score (nSPS) is 11.7. The predicted octanol–water partition coefficient (Wildman–Crippen LogP) is 0.996. The molecule has 108 valence electrons. The number of rotatable bonds is 7. The number of hydrogen-bond donors (Lipinski definition) is 4. The van der Waals surface area contributed by atoms with Crippen LogP contribution in [0.1, 0.15) is 27.2 Å². The van der Waals surface area contributed by atoms with Crippen LogP contribution in [0.2, 0.25) is 0 Å². The maximum absolute atomic E-state index is 9.40. The van der Waals surface area contributed by atoms with Crippen molar-refractivity contribution in [2.75, 3.05) is 24.3 Å². The van der Waals surface area contributed by atoms with Gasteiger partial charge in [-0.25, -0.2) is 0 Å². The van der Waals surface area contributed by atoms with Crippen LogP contribution in [0, 0.1) is 0 Å². The van der Waals surface area contributed by atoms with Gasteiger partial charge in [-0.1, -0.05) is 6.92 Å². The van der Waals surface area contributed by atoms with Crippen LogP contribution in [0.15, 0.2) is 12.1 Å². The Morgan fingerprint density at radius 3 is 2.47 bits per heavy atom. The number of ether oxygens (including phenoxy) is 1. The average Bonchev–Trinajstić information content (AvgIpc) is 2.39. The highest BCUT2D eigenvalue weighted by Crippen LogP contribution is 2.24. The fourth-order valence-corrected chi connectivity index (χ4v) is 1.55. The number of aliphatic hydroxyl groups excluding tert-OH is 2. The van der Waals surface area contributed by atoms with E-state index < -0.39 is 5.54 Å². The van der Waals surface area contributed by atoms with Crippen molar-refractivity contribution in [3.05, 3.63) is 12.1 Å². The standard InChI is InChI=1S/C13H23N3O3/c1-4-13(7-17,8-18)16-11-6-5-10(14)12(15-11)19-9(2)3/h5-6,9,17-18H,4,7-8,14H2,1-3H3,(H,15,16). The number of nitrogens with two attached hydrogens (primary N) is 1. The molecule has 1 aromatic rings. The van der Waals surface area contributed by atoms with Gasteiger partial charge < -0.3 is 26.0 Å². The van der Waals surface area contributed by atoms with Crippen LogP contribution in [-0.2, 0) is 0 Å². The summed E-state index contributed by atoms with van der Waals surface area (Å²) in [5.74, 6) is 0.857. The van der Waals surface area contributed by atoms with Crippen LogP contribution in [0.4, 0.5) is 11.5 Å². The van der Waals surface area contributed by atoms with Gasteiger partial charge in [0.2, 0.25) is 5.88 Å². The van der Waals surface area contributed by atoms with Crippen LogP contribution in [-0.4, -0.2) is 40.1 Å². The molecule has 6 nitrogen and oxygen atoms in total. The first-order chi connectivity index (χ1) is 8.96. The van der Waals surface area contributed by atoms with E-state index in [9.17, 15) is 10.2 Å². The summed E-state index contributed by atoms with van der Waals surface area (Å²) in [4.78, 5) is 4.26. The second-order valence-corrected chi connectivity index (χ2v) is 4.83. The molecule has 0 radical (unpaired) electrons. The Balaban J connectivity index is 2.95. The summed E-state index contributed by atoms with van der Waals surface area (Å²) in [5.41, 5.74) is 5.44. The smallest absolute Gasteiger partial charge is 0.239 e. The van der Waals surface area contributed by atoms with E-state index in [1.165, 1.54) is 0 Å². The number of pyridine rings is 1. The van der Waals surface area contributed by atoms with Crippen molar-refractivity contribution in [3.63, 3.8) is 0 Å². The summed E-state index contributed by atoms with van der Waals surface area (Å²) in [6.45, 7) is 5.28.